The Labute approximate surface area is 83.7 Å². The average molecular weight is 216 g/mol. The number of aromatic nitrogens is 1. The molecule has 0 saturated carbocycles. The molecule has 0 aliphatic carbocycles. The van der Waals surface area contributed by atoms with Gasteiger partial charge in [-0.2, -0.15) is 13.2 Å². The minimum atomic E-state index is -4.42. The van der Waals surface area contributed by atoms with Gasteiger partial charge >= 0.3 is 6.18 Å². The van der Waals surface area contributed by atoms with Crippen LogP contribution in [0.4, 0.5) is 13.2 Å². The summed E-state index contributed by atoms with van der Waals surface area (Å²) in [5.74, 6) is 0. The Hall–Kier alpha value is -1.68. The van der Waals surface area contributed by atoms with Crippen LogP contribution in [0.2, 0.25) is 0 Å². The van der Waals surface area contributed by atoms with Crippen molar-refractivity contribution in [2.45, 2.75) is 12.6 Å². The molecule has 0 amide bonds. The predicted molar refractivity (Wildman–Crippen MR) is 45.9 cm³/mol. The summed E-state index contributed by atoms with van der Waals surface area (Å²) >= 11 is 0. The van der Waals surface area contributed by atoms with Gasteiger partial charge in [-0.25, -0.2) is 9.79 Å². The van der Waals surface area contributed by atoms with E-state index in [1.54, 1.807) is 0 Å². The zero-order chi connectivity index (χ0) is 11.3. The number of rotatable bonds is 3. The second kappa shape index (κ2) is 4.70. The van der Waals surface area contributed by atoms with Crippen LogP contribution in [0, 0.1) is 0 Å². The van der Waals surface area contributed by atoms with Gasteiger partial charge in [0.25, 0.3) is 0 Å². The van der Waals surface area contributed by atoms with Gasteiger partial charge in [0.1, 0.15) is 0 Å². The molecule has 0 aromatic carbocycles. The van der Waals surface area contributed by atoms with E-state index in [9.17, 15) is 18.0 Å². The molecule has 0 bridgehead atoms. The van der Waals surface area contributed by atoms with Crippen LogP contribution in [0.25, 0.3) is 0 Å². The average Bonchev–Trinajstić information content (AvgIpc) is 2.17. The van der Waals surface area contributed by atoms with E-state index in [1.165, 1.54) is 18.3 Å². The Kier molecular flexibility index (Phi) is 3.57. The lowest BCUT2D eigenvalue weighted by atomic mass is 10.1. The first kappa shape index (κ1) is 11.4. The highest BCUT2D eigenvalue weighted by atomic mass is 19.4. The Balaban J connectivity index is 2.91. The SMILES string of the molecule is O=C=NCCc1ccncc1C(F)(F)F. The van der Waals surface area contributed by atoms with E-state index in [2.05, 4.69) is 9.98 Å². The number of isocyanates is 1. The van der Waals surface area contributed by atoms with E-state index < -0.39 is 11.7 Å². The van der Waals surface area contributed by atoms with Crippen molar-refractivity contribution in [2.24, 2.45) is 4.99 Å². The summed E-state index contributed by atoms with van der Waals surface area (Å²) in [5.41, 5.74) is -0.706. The van der Waals surface area contributed by atoms with Crippen molar-refractivity contribution in [3.05, 3.63) is 29.6 Å². The molecule has 0 atom stereocenters. The number of halogens is 3. The molecule has 1 rings (SSSR count). The lowest BCUT2D eigenvalue weighted by molar-refractivity contribution is -0.138. The van der Waals surface area contributed by atoms with Crippen LogP contribution in [0.3, 0.4) is 0 Å². The number of hydrogen-bond acceptors (Lipinski definition) is 3. The largest absolute Gasteiger partial charge is 0.418 e. The molecular formula is C9H7F3N2O. The van der Waals surface area contributed by atoms with Gasteiger partial charge in [-0.15, -0.1) is 0 Å². The van der Waals surface area contributed by atoms with E-state index in [1.807, 2.05) is 0 Å². The van der Waals surface area contributed by atoms with Gasteiger partial charge in [0, 0.05) is 12.4 Å². The number of pyridine rings is 1. The predicted octanol–water partition coefficient (Wildman–Crippen LogP) is 1.98. The summed E-state index contributed by atoms with van der Waals surface area (Å²) in [6.45, 7) is -0.00338. The third-order valence-electron chi connectivity index (χ3n) is 1.77. The van der Waals surface area contributed by atoms with Gasteiger partial charge in [-0.05, 0) is 18.1 Å². The Morgan fingerprint density at radius 1 is 1.47 bits per heavy atom. The number of aliphatic imine (C=N–C) groups is 1. The van der Waals surface area contributed by atoms with Crippen LogP contribution in [0.1, 0.15) is 11.1 Å². The third-order valence-corrected chi connectivity index (χ3v) is 1.77. The molecular weight excluding hydrogens is 209 g/mol. The lowest BCUT2D eigenvalue weighted by Gasteiger charge is -2.10. The smallest absolute Gasteiger partial charge is 0.264 e. The summed E-state index contributed by atoms with van der Waals surface area (Å²) in [7, 11) is 0. The minimum absolute atomic E-state index is 0.00338. The van der Waals surface area contributed by atoms with Gasteiger partial charge in [0.15, 0.2) is 0 Å². The maximum atomic E-state index is 12.4. The van der Waals surface area contributed by atoms with E-state index in [-0.39, 0.29) is 18.5 Å². The molecule has 0 unspecified atom stereocenters. The minimum Gasteiger partial charge on any atom is -0.264 e. The van der Waals surface area contributed by atoms with Crippen molar-refractivity contribution in [1.29, 1.82) is 0 Å². The number of hydrogen-bond donors (Lipinski definition) is 0. The van der Waals surface area contributed by atoms with Crippen LogP contribution in [-0.4, -0.2) is 17.6 Å². The first-order chi connectivity index (χ1) is 7.05. The molecule has 0 radical (unpaired) electrons. The quantitative estimate of drug-likeness (QED) is 0.572. The van der Waals surface area contributed by atoms with Crippen LogP contribution in [0.5, 0.6) is 0 Å². The lowest BCUT2D eigenvalue weighted by Crippen LogP contribution is -2.10. The molecule has 1 aromatic heterocycles. The number of alkyl halides is 3. The van der Waals surface area contributed by atoms with E-state index >= 15 is 0 Å². The molecule has 6 heteroatoms. The fourth-order valence-electron chi connectivity index (χ4n) is 1.12. The van der Waals surface area contributed by atoms with E-state index in [0.29, 0.717) is 0 Å². The van der Waals surface area contributed by atoms with Crippen molar-refractivity contribution in [2.75, 3.05) is 6.54 Å². The van der Waals surface area contributed by atoms with Crippen molar-refractivity contribution in [1.82, 2.24) is 4.98 Å². The van der Waals surface area contributed by atoms with Gasteiger partial charge in [-0.1, -0.05) is 0 Å². The van der Waals surface area contributed by atoms with Crippen molar-refractivity contribution in [3.63, 3.8) is 0 Å². The van der Waals surface area contributed by atoms with Gasteiger partial charge in [-0.3, -0.25) is 4.98 Å². The third kappa shape index (κ3) is 3.18. The highest BCUT2D eigenvalue weighted by Crippen LogP contribution is 2.31. The van der Waals surface area contributed by atoms with Gasteiger partial charge < -0.3 is 0 Å². The zero-order valence-corrected chi connectivity index (χ0v) is 7.58. The Bertz CT molecular complexity index is 383. The summed E-state index contributed by atoms with van der Waals surface area (Å²) < 4.78 is 37.2. The first-order valence-electron chi connectivity index (χ1n) is 4.09. The van der Waals surface area contributed by atoms with Crippen molar-refractivity contribution < 1.29 is 18.0 Å². The monoisotopic (exact) mass is 216 g/mol. The topological polar surface area (TPSA) is 42.3 Å². The first-order valence-corrected chi connectivity index (χ1v) is 4.09. The molecule has 3 nitrogen and oxygen atoms in total. The fourth-order valence-corrected chi connectivity index (χ4v) is 1.12. The normalized spacial score (nSPS) is 10.9. The summed E-state index contributed by atoms with van der Waals surface area (Å²) in [6, 6.07) is 1.27. The van der Waals surface area contributed by atoms with Crippen molar-refractivity contribution >= 4 is 6.08 Å². The molecule has 1 aromatic rings. The van der Waals surface area contributed by atoms with Gasteiger partial charge in [0.2, 0.25) is 6.08 Å². The van der Waals surface area contributed by atoms with E-state index in [0.717, 1.165) is 6.20 Å². The molecule has 0 aliphatic rings. The molecule has 0 saturated heterocycles. The summed E-state index contributed by atoms with van der Waals surface area (Å²) in [5, 5.41) is 0. The standard InChI is InChI=1S/C9H7F3N2O/c10-9(11,12)8-5-13-3-1-7(8)2-4-14-6-15/h1,3,5H,2,4H2. The summed E-state index contributed by atoms with van der Waals surface area (Å²) in [4.78, 5) is 16.4. The molecule has 0 N–H and O–H groups in total. The molecule has 80 valence electrons. The molecule has 1 heterocycles. The number of carbonyl (C=O) groups excluding carboxylic acids is 1. The molecule has 0 spiro atoms. The Morgan fingerprint density at radius 2 is 2.20 bits per heavy atom. The van der Waals surface area contributed by atoms with Crippen LogP contribution in [0.15, 0.2) is 23.5 Å². The summed E-state index contributed by atoms with van der Waals surface area (Å²) in [6.07, 6.45) is -1.06. The highest BCUT2D eigenvalue weighted by Gasteiger charge is 2.33. The van der Waals surface area contributed by atoms with Crippen molar-refractivity contribution in [3.8, 4) is 0 Å². The van der Waals surface area contributed by atoms with E-state index in [4.69, 9.17) is 0 Å². The Morgan fingerprint density at radius 3 is 2.80 bits per heavy atom. The maximum absolute atomic E-state index is 12.4. The van der Waals surface area contributed by atoms with Gasteiger partial charge in [0.05, 0.1) is 12.1 Å². The van der Waals surface area contributed by atoms with Crippen LogP contribution < -0.4 is 0 Å². The second-order valence-electron chi connectivity index (χ2n) is 2.75. The number of nitrogens with zero attached hydrogens (tertiary/aromatic N) is 2. The van der Waals surface area contributed by atoms with Crippen LogP contribution >= 0.6 is 0 Å². The maximum Gasteiger partial charge on any atom is 0.418 e. The second-order valence-corrected chi connectivity index (χ2v) is 2.75. The zero-order valence-electron chi connectivity index (χ0n) is 7.58. The molecule has 0 fully saturated rings. The highest BCUT2D eigenvalue weighted by molar-refractivity contribution is 5.33. The fraction of sp³-hybridized carbons (Fsp3) is 0.333. The molecule has 15 heavy (non-hydrogen) atoms. The van der Waals surface area contributed by atoms with Crippen LogP contribution in [-0.2, 0) is 17.4 Å². The molecule has 0 aliphatic heterocycles.